The molecule has 1 atom stereocenters. The molecule has 4 heteroatoms. The zero-order valence-corrected chi connectivity index (χ0v) is 12.0. The normalized spacial score (nSPS) is 16.9. The van der Waals surface area contributed by atoms with Crippen molar-refractivity contribution in [2.24, 2.45) is 0 Å². The summed E-state index contributed by atoms with van der Waals surface area (Å²) in [6.45, 7) is 3.16. The van der Waals surface area contributed by atoms with Crippen molar-refractivity contribution in [2.75, 3.05) is 6.54 Å². The fourth-order valence-corrected chi connectivity index (χ4v) is 2.86. The van der Waals surface area contributed by atoms with Gasteiger partial charge in [0.2, 0.25) is 0 Å². The van der Waals surface area contributed by atoms with Gasteiger partial charge in [-0.2, -0.15) is 5.10 Å². The summed E-state index contributed by atoms with van der Waals surface area (Å²) in [5.41, 5.74) is 2.83. The fraction of sp³-hybridized carbons (Fsp3) is 0.500. The van der Waals surface area contributed by atoms with E-state index >= 15 is 0 Å². The third-order valence-corrected chi connectivity index (χ3v) is 4.16. The van der Waals surface area contributed by atoms with E-state index in [4.69, 9.17) is 0 Å². The summed E-state index contributed by atoms with van der Waals surface area (Å²) in [6, 6.07) is 8.89. The number of nitrogens with zero attached hydrogens (tertiary/aromatic N) is 2. The van der Waals surface area contributed by atoms with E-state index < -0.39 is 0 Å². The Labute approximate surface area is 120 Å². The Balaban J connectivity index is 1.94. The van der Waals surface area contributed by atoms with Gasteiger partial charge in [0.25, 0.3) is 0 Å². The van der Waals surface area contributed by atoms with Gasteiger partial charge < -0.3 is 5.32 Å². The van der Waals surface area contributed by atoms with E-state index in [0.29, 0.717) is 0 Å². The van der Waals surface area contributed by atoms with Crippen molar-refractivity contribution in [3.63, 3.8) is 0 Å². The Morgan fingerprint density at radius 1 is 1.35 bits per heavy atom. The average molecular weight is 270 g/mol. The molecule has 2 aromatic rings. The molecule has 0 amide bonds. The number of aromatic nitrogens is 3. The Kier molecular flexibility index (Phi) is 4.11. The lowest BCUT2D eigenvalue weighted by Crippen LogP contribution is -2.26. The minimum Gasteiger partial charge on any atom is -0.304 e. The van der Waals surface area contributed by atoms with Crippen molar-refractivity contribution in [1.82, 2.24) is 20.5 Å². The largest absolute Gasteiger partial charge is 0.304 e. The maximum absolute atomic E-state index is 4.36. The van der Waals surface area contributed by atoms with Gasteiger partial charge in [-0.15, -0.1) is 0 Å². The first-order chi connectivity index (χ1) is 9.90. The number of hydrogen-bond donors (Lipinski definition) is 2. The van der Waals surface area contributed by atoms with Gasteiger partial charge in [0.05, 0.1) is 6.04 Å². The van der Waals surface area contributed by atoms with Crippen LogP contribution in [0.1, 0.15) is 61.5 Å². The van der Waals surface area contributed by atoms with Crippen molar-refractivity contribution < 1.29 is 0 Å². The van der Waals surface area contributed by atoms with Crippen LogP contribution in [0.15, 0.2) is 30.6 Å². The van der Waals surface area contributed by atoms with Crippen LogP contribution in [0.5, 0.6) is 0 Å². The van der Waals surface area contributed by atoms with Gasteiger partial charge in [0, 0.05) is 0 Å². The van der Waals surface area contributed by atoms with E-state index in [0.717, 1.165) is 24.7 Å². The van der Waals surface area contributed by atoms with Crippen LogP contribution >= 0.6 is 0 Å². The van der Waals surface area contributed by atoms with E-state index in [1.54, 1.807) is 6.33 Å². The number of nitrogens with one attached hydrogen (secondary N) is 2. The molecule has 0 spiro atoms. The molecule has 1 aliphatic rings. The van der Waals surface area contributed by atoms with Crippen LogP contribution in [-0.4, -0.2) is 21.7 Å². The Morgan fingerprint density at radius 3 is 2.85 bits per heavy atom. The summed E-state index contributed by atoms with van der Waals surface area (Å²) in [5, 5.41) is 10.6. The van der Waals surface area contributed by atoms with Gasteiger partial charge in [0.1, 0.15) is 12.2 Å². The smallest absolute Gasteiger partial charge is 0.145 e. The number of benzene rings is 1. The molecular weight excluding hydrogens is 248 g/mol. The van der Waals surface area contributed by atoms with Crippen LogP contribution in [0.3, 0.4) is 0 Å². The molecule has 1 aromatic heterocycles. The van der Waals surface area contributed by atoms with Crippen LogP contribution in [0.4, 0.5) is 0 Å². The van der Waals surface area contributed by atoms with E-state index in [1.807, 2.05) is 0 Å². The minimum atomic E-state index is 0.120. The van der Waals surface area contributed by atoms with Crippen LogP contribution < -0.4 is 5.32 Å². The Bertz CT molecular complexity index is 531. The highest BCUT2D eigenvalue weighted by atomic mass is 15.2. The minimum absolute atomic E-state index is 0.120. The third-order valence-electron chi connectivity index (χ3n) is 4.16. The molecule has 1 aliphatic carbocycles. The molecule has 1 aromatic carbocycles. The SMILES string of the molecule is CCCNC(c1ncn[nH]1)c1ccccc1C1CCC1. The lowest BCUT2D eigenvalue weighted by molar-refractivity contribution is 0.413. The summed E-state index contributed by atoms with van der Waals surface area (Å²) in [6.07, 6.45) is 6.67. The topological polar surface area (TPSA) is 53.6 Å². The van der Waals surface area contributed by atoms with Gasteiger partial charge >= 0.3 is 0 Å². The highest BCUT2D eigenvalue weighted by Gasteiger charge is 2.26. The summed E-state index contributed by atoms with van der Waals surface area (Å²) in [4.78, 5) is 4.36. The van der Waals surface area contributed by atoms with E-state index in [9.17, 15) is 0 Å². The fourth-order valence-electron chi connectivity index (χ4n) is 2.86. The Morgan fingerprint density at radius 2 is 2.20 bits per heavy atom. The quantitative estimate of drug-likeness (QED) is 0.847. The van der Waals surface area contributed by atoms with E-state index in [1.165, 1.54) is 30.4 Å². The van der Waals surface area contributed by atoms with Crippen molar-refractivity contribution in [3.05, 3.63) is 47.5 Å². The highest BCUT2D eigenvalue weighted by Crippen LogP contribution is 2.40. The lowest BCUT2D eigenvalue weighted by atomic mass is 9.77. The van der Waals surface area contributed by atoms with Crippen molar-refractivity contribution in [1.29, 1.82) is 0 Å². The predicted octanol–water partition coefficient (Wildman–Crippen LogP) is 3.16. The summed E-state index contributed by atoms with van der Waals surface area (Å²) in [5.74, 6) is 1.63. The van der Waals surface area contributed by atoms with E-state index in [-0.39, 0.29) is 6.04 Å². The monoisotopic (exact) mass is 270 g/mol. The van der Waals surface area contributed by atoms with E-state index in [2.05, 4.69) is 51.7 Å². The van der Waals surface area contributed by atoms with Crippen LogP contribution in [-0.2, 0) is 0 Å². The second kappa shape index (κ2) is 6.18. The highest BCUT2D eigenvalue weighted by molar-refractivity contribution is 5.37. The molecule has 1 fully saturated rings. The maximum Gasteiger partial charge on any atom is 0.145 e. The van der Waals surface area contributed by atoms with Crippen LogP contribution in [0.2, 0.25) is 0 Å². The molecule has 1 heterocycles. The zero-order chi connectivity index (χ0) is 13.8. The molecule has 4 nitrogen and oxygen atoms in total. The molecule has 0 radical (unpaired) electrons. The first-order valence-corrected chi connectivity index (χ1v) is 7.57. The standard InChI is InChI=1S/C16H22N4/c1-2-10-17-15(16-18-11-19-20-16)14-9-4-3-8-13(14)12-6-5-7-12/h3-4,8-9,11-12,15,17H,2,5-7,10H2,1H3,(H,18,19,20). The third kappa shape index (κ3) is 2.61. The van der Waals surface area contributed by atoms with Crippen molar-refractivity contribution in [3.8, 4) is 0 Å². The number of H-pyrrole nitrogens is 1. The second-order valence-corrected chi connectivity index (χ2v) is 5.51. The average Bonchev–Trinajstić information content (AvgIpc) is 2.93. The molecule has 1 unspecified atom stereocenters. The molecule has 0 aliphatic heterocycles. The molecule has 106 valence electrons. The van der Waals surface area contributed by atoms with Crippen molar-refractivity contribution >= 4 is 0 Å². The summed E-state index contributed by atoms with van der Waals surface area (Å²) >= 11 is 0. The summed E-state index contributed by atoms with van der Waals surface area (Å²) < 4.78 is 0. The zero-order valence-electron chi connectivity index (χ0n) is 12.0. The first kappa shape index (κ1) is 13.3. The van der Waals surface area contributed by atoms with Gasteiger partial charge in [-0.25, -0.2) is 4.98 Å². The molecule has 1 saturated carbocycles. The van der Waals surface area contributed by atoms with Gasteiger partial charge in [0.15, 0.2) is 0 Å². The molecule has 0 saturated heterocycles. The van der Waals surface area contributed by atoms with Gasteiger partial charge in [-0.3, -0.25) is 5.10 Å². The molecule has 2 N–H and O–H groups in total. The Hall–Kier alpha value is -1.68. The molecule has 20 heavy (non-hydrogen) atoms. The van der Waals surface area contributed by atoms with Gasteiger partial charge in [-0.05, 0) is 42.9 Å². The van der Waals surface area contributed by atoms with Crippen molar-refractivity contribution in [2.45, 2.75) is 44.6 Å². The summed E-state index contributed by atoms with van der Waals surface area (Å²) in [7, 11) is 0. The second-order valence-electron chi connectivity index (χ2n) is 5.51. The van der Waals surface area contributed by atoms with Crippen LogP contribution in [0, 0.1) is 0 Å². The number of rotatable bonds is 6. The lowest BCUT2D eigenvalue weighted by Gasteiger charge is -2.30. The molecule has 3 rings (SSSR count). The van der Waals surface area contributed by atoms with Crippen LogP contribution in [0.25, 0.3) is 0 Å². The predicted molar refractivity (Wildman–Crippen MR) is 79.6 cm³/mol. The number of aromatic amines is 1. The van der Waals surface area contributed by atoms with Gasteiger partial charge in [-0.1, -0.05) is 37.6 Å². The molecular formula is C16H22N4. The molecule has 0 bridgehead atoms. The first-order valence-electron chi connectivity index (χ1n) is 7.57. The maximum atomic E-state index is 4.36. The number of hydrogen-bond acceptors (Lipinski definition) is 3.